The molecule has 0 saturated carbocycles. The lowest BCUT2D eigenvalue weighted by Crippen LogP contribution is -2.15. The van der Waals surface area contributed by atoms with Gasteiger partial charge in [-0.05, 0) is 6.92 Å². The number of Topliss-reactive ketones (excluding diaryl/α,β-unsaturated/α-hetero) is 2. The van der Waals surface area contributed by atoms with Crippen molar-refractivity contribution >= 4 is 27.9 Å². The van der Waals surface area contributed by atoms with Gasteiger partial charge in [-0.25, -0.2) is 0 Å². The Bertz CT molecular complexity index is 319. The Morgan fingerprint density at radius 3 is 2.23 bits per heavy atom. The van der Waals surface area contributed by atoms with Crippen LogP contribution in [0.15, 0.2) is 30.3 Å². The second-order valence-corrected chi connectivity index (χ2v) is 4.22. The number of carbonyl (C=O) groups is 2. The van der Waals surface area contributed by atoms with Gasteiger partial charge in [-0.1, -0.05) is 30.3 Å². The first-order valence-electron chi connectivity index (χ1n) is 4.22. The molecule has 0 aliphatic carbocycles. The van der Waals surface area contributed by atoms with Crippen LogP contribution in [-0.4, -0.2) is 27.9 Å². The lowest BCUT2D eigenvalue weighted by atomic mass is 10.1. The molecule has 0 spiro atoms. The largest absolute Gasteiger partial charge is 0.301 e. The molecule has 0 amide bonds. The van der Waals surface area contributed by atoms with Gasteiger partial charge in [-0.3, -0.25) is 4.79 Å². The summed E-state index contributed by atoms with van der Waals surface area (Å²) >= 11 is 0.593. The molecular formula is C10H11AlO2. The van der Waals surface area contributed by atoms with Gasteiger partial charge in [0.1, 0.15) is 5.78 Å². The summed E-state index contributed by atoms with van der Waals surface area (Å²) < 4.78 is -0.387. The highest BCUT2D eigenvalue weighted by Gasteiger charge is 2.18. The van der Waals surface area contributed by atoms with Crippen LogP contribution >= 0.6 is 0 Å². The van der Waals surface area contributed by atoms with E-state index in [1.54, 1.807) is 12.1 Å². The third-order valence-corrected chi connectivity index (χ3v) is 3.40. The topological polar surface area (TPSA) is 34.1 Å². The van der Waals surface area contributed by atoms with Crippen LogP contribution < -0.4 is 0 Å². The Balaban J connectivity index is 2.86. The second-order valence-electron chi connectivity index (χ2n) is 3.06. The number of carbonyl (C=O) groups excluding carboxylic acids is 2. The van der Waals surface area contributed by atoms with E-state index in [0.29, 0.717) is 21.9 Å². The van der Waals surface area contributed by atoms with Crippen LogP contribution in [0.25, 0.3) is 0 Å². The van der Waals surface area contributed by atoms with E-state index in [-0.39, 0.29) is 16.3 Å². The number of hydrogen-bond acceptors (Lipinski definition) is 2. The van der Waals surface area contributed by atoms with Crippen molar-refractivity contribution in [2.45, 2.75) is 11.7 Å². The van der Waals surface area contributed by atoms with Crippen LogP contribution in [0.4, 0.5) is 0 Å². The lowest BCUT2D eigenvalue weighted by Gasteiger charge is -2.05. The molecule has 13 heavy (non-hydrogen) atoms. The maximum atomic E-state index is 11.6. The maximum Gasteiger partial charge on any atom is 0.241 e. The lowest BCUT2D eigenvalue weighted by molar-refractivity contribution is -0.116. The summed E-state index contributed by atoms with van der Waals surface area (Å²) in [5, 5.41) is 0. The molecule has 1 unspecified atom stereocenters. The smallest absolute Gasteiger partial charge is 0.241 e. The molecule has 1 aromatic carbocycles. The van der Waals surface area contributed by atoms with Crippen LogP contribution in [0.3, 0.4) is 0 Å². The fourth-order valence-electron chi connectivity index (χ4n) is 1.04. The minimum atomic E-state index is -0.387. The summed E-state index contributed by atoms with van der Waals surface area (Å²) in [5.74, 6) is -0.0692. The molecule has 0 aromatic heterocycles. The van der Waals surface area contributed by atoms with Crippen LogP contribution in [0.2, 0.25) is 4.78 Å². The average molecular weight is 190 g/mol. The summed E-state index contributed by atoms with van der Waals surface area (Å²) in [4.78, 5) is 22.6. The predicted molar refractivity (Wildman–Crippen MR) is 53.7 cm³/mol. The Morgan fingerprint density at radius 2 is 1.77 bits per heavy atom. The van der Waals surface area contributed by atoms with Gasteiger partial charge >= 0.3 is 0 Å². The Morgan fingerprint density at radius 1 is 1.23 bits per heavy atom. The van der Waals surface area contributed by atoms with Gasteiger partial charge in [0.25, 0.3) is 0 Å². The zero-order valence-corrected chi connectivity index (χ0v) is 9.78. The first-order valence-corrected chi connectivity index (χ1v) is 5.38. The normalized spacial score (nSPS) is 12.1. The van der Waals surface area contributed by atoms with Crippen molar-refractivity contribution in [3.63, 3.8) is 0 Å². The molecule has 0 aliphatic heterocycles. The highest BCUT2D eigenvalue weighted by atomic mass is 27.0. The molecule has 1 aromatic rings. The van der Waals surface area contributed by atoms with E-state index >= 15 is 0 Å². The Hall–Kier alpha value is -0.908. The zero-order valence-electron chi connectivity index (χ0n) is 7.78. The quantitative estimate of drug-likeness (QED) is 0.403. The third-order valence-electron chi connectivity index (χ3n) is 2.06. The van der Waals surface area contributed by atoms with Crippen molar-refractivity contribution in [2.24, 2.45) is 0 Å². The van der Waals surface area contributed by atoms with Crippen molar-refractivity contribution in [1.29, 1.82) is 0 Å². The van der Waals surface area contributed by atoms with E-state index in [1.807, 2.05) is 18.2 Å². The summed E-state index contributed by atoms with van der Waals surface area (Å²) in [5.41, 5.74) is 0.637. The molecule has 2 nitrogen and oxygen atoms in total. The van der Waals surface area contributed by atoms with Gasteiger partial charge in [-0.2, -0.15) is 0 Å². The van der Waals surface area contributed by atoms with Gasteiger partial charge in [0, 0.05) is 10.3 Å². The SMILES string of the molecule is CC(=O)[CH]([AlH2])C(=O)c1ccccc1. The zero-order chi connectivity index (χ0) is 9.84. The summed E-state index contributed by atoms with van der Waals surface area (Å²) in [6.07, 6.45) is 0. The summed E-state index contributed by atoms with van der Waals surface area (Å²) in [6, 6.07) is 8.96. The second kappa shape index (κ2) is 4.36. The summed E-state index contributed by atoms with van der Waals surface area (Å²) in [7, 11) is 0. The van der Waals surface area contributed by atoms with Crippen molar-refractivity contribution in [3.8, 4) is 0 Å². The highest BCUT2D eigenvalue weighted by Crippen LogP contribution is 2.11. The van der Waals surface area contributed by atoms with E-state index in [9.17, 15) is 9.59 Å². The first-order chi connectivity index (χ1) is 6.13. The molecule has 0 N–H and O–H groups in total. The van der Waals surface area contributed by atoms with Gasteiger partial charge < -0.3 is 4.79 Å². The molecular weight excluding hydrogens is 179 g/mol. The van der Waals surface area contributed by atoms with Crippen molar-refractivity contribution < 1.29 is 9.59 Å². The molecule has 1 atom stereocenters. The standard InChI is InChI=1S/C10H9O2.Al.2H/c1-8(11)7-10(12)9-5-3-2-4-6-9;;;/h2-7H,1H3;;;. The average Bonchev–Trinajstić information content (AvgIpc) is 2.17. The Labute approximate surface area is 85.4 Å². The van der Waals surface area contributed by atoms with E-state index in [2.05, 4.69) is 0 Å². The predicted octanol–water partition coefficient (Wildman–Crippen LogP) is 0.880. The van der Waals surface area contributed by atoms with Crippen LogP contribution in [-0.2, 0) is 4.79 Å². The van der Waals surface area contributed by atoms with Crippen LogP contribution in [0.5, 0.6) is 0 Å². The van der Waals surface area contributed by atoms with E-state index < -0.39 is 0 Å². The van der Waals surface area contributed by atoms with Crippen LogP contribution in [0, 0.1) is 0 Å². The molecule has 66 valence electrons. The number of ketones is 2. The van der Waals surface area contributed by atoms with Crippen LogP contribution in [0.1, 0.15) is 17.3 Å². The maximum absolute atomic E-state index is 11.6. The molecule has 3 heteroatoms. The van der Waals surface area contributed by atoms with Gasteiger partial charge in [-0.15, -0.1) is 0 Å². The van der Waals surface area contributed by atoms with Crippen molar-refractivity contribution in [3.05, 3.63) is 35.9 Å². The minimum absolute atomic E-state index is 0.0273. The third kappa shape index (κ3) is 2.52. The summed E-state index contributed by atoms with van der Waals surface area (Å²) in [6.45, 7) is 1.47. The molecule has 0 bridgehead atoms. The molecule has 0 radical (unpaired) electrons. The fraction of sp³-hybridized carbons (Fsp3) is 0.200. The number of rotatable bonds is 3. The van der Waals surface area contributed by atoms with Gasteiger partial charge in [0.15, 0.2) is 5.78 Å². The monoisotopic (exact) mass is 190 g/mol. The molecule has 0 saturated heterocycles. The Kier molecular flexibility index (Phi) is 3.41. The highest BCUT2D eigenvalue weighted by molar-refractivity contribution is 6.39. The minimum Gasteiger partial charge on any atom is -0.301 e. The number of benzene rings is 1. The molecule has 0 heterocycles. The van der Waals surface area contributed by atoms with E-state index in [4.69, 9.17) is 0 Å². The van der Waals surface area contributed by atoms with Crippen molar-refractivity contribution in [1.82, 2.24) is 0 Å². The van der Waals surface area contributed by atoms with E-state index in [1.165, 1.54) is 6.92 Å². The van der Waals surface area contributed by atoms with Crippen molar-refractivity contribution in [2.75, 3.05) is 0 Å². The first kappa shape index (κ1) is 10.2. The fourth-order valence-corrected chi connectivity index (χ4v) is 1.37. The van der Waals surface area contributed by atoms with Gasteiger partial charge in [0.2, 0.25) is 16.3 Å². The van der Waals surface area contributed by atoms with E-state index in [0.717, 1.165) is 0 Å². The molecule has 0 aliphatic rings. The molecule has 0 fully saturated rings. The van der Waals surface area contributed by atoms with Gasteiger partial charge in [0.05, 0.1) is 0 Å². The number of hydrogen-bond donors (Lipinski definition) is 0. The molecule has 1 rings (SSSR count).